The fourth-order valence-corrected chi connectivity index (χ4v) is 11.7. The van der Waals surface area contributed by atoms with E-state index in [2.05, 4.69) is 240 Å². The van der Waals surface area contributed by atoms with Gasteiger partial charge in [0.25, 0.3) is 0 Å². The lowest BCUT2D eigenvalue weighted by Gasteiger charge is -2.34. The first kappa shape index (κ1) is 36.2. The minimum Gasteiger partial charge on any atom is -0.483 e. The molecule has 1 aromatic heterocycles. The Morgan fingerprint density at radius 3 is 1.51 bits per heavy atom. The molecule has 0 fully saturated rings. The fourth-order valence-electron chi connectivity index (χ4n) is 11.7. The van der Waals surface area contributed by atoms with E-state index in [0.29, 0.717) is 0 Å². The Morgan fingerprint density at radius 2 is 0.908 bits per heavy atom. The molecule has 306 valence electrons. The molecule has 4 heteroatoms. The molecule has 65 heavy (non-hydrogen) atoms. The predicted octanol–water partition coefficient (Wildman–Crippen LogP) is 15.8. The van der Waals surface area contributed by atoms with Gasteiger partial charge in [0.05, 0.1) is 22.2 Å². The summed E-state index contributed by atoms with van der Waals surface area (Å²) in [4.78, 5) is 4.81. The second-order valence-corrected chi connectivity index (χ2v) is 17.4. The van der Waals surface area contributed by atoms with E-state index in [1.54, 1.807) is 0 Å². The summed E-state index contributed by atoms with van der Waals surface area (Å²) in [5.41, 5.74) is 18.3. The third-order valence-corrected chi connectivity index (χ3v) is 14.1. The van der Waals surface area contributed by atoms with Crippen molar-refractivity contribution < 1.29 is 9.15 Å². The quantitative estimate of drug-likeness (QED) is 0.167. The third kappa shape index (κ3) is 4.97. The second-order valence-electron chi connectivity index (χ2n) is 17.4. The monoisotopic (exact) mass is 832 g/mol. The zero-order valence-electron chi connectivity index (χ0n) is 35.3. The molecule has 9 aromatic carbocycles. The van der Waals surface area contributed by atoms with E-state index >= 15 is 0 Å². The molecule has 0 saturated carbocycles. The Morgan fingerprint density at radius 1 is 0.431 bits per heavy atom. The van der Waals surface area contributed by atoms with Gasteiger partial charge in [-0.05, 0) is 112 Å². The summed E-state index contributed by atoms with van der Waals surface area (Å²) in [5, 5.41) is 2.16. The predicted molar refractivity (Wildman–Crippen MR) is 265 cm³/mol. The van der Waals surface area contributed by atoms with Gasteiger partial charge < -0.3 is 19.0 Å². The number of para-hydroxylation sites is 5. The molecule has 1 aliphatic heterocycles. The Bertz CT molecular complexity index is 3470. The molecular weight excluding hydrogens is 793 g/mol. The zero-order chi connectivity index (χ0) is 42.6. The van der Waals surface area contributed by atoms with Gasteiger partial charge in [-0.25, -0.2) is 0 Å². The molecule has 4 aliphatic rings. The molecule has 0 N–H and O–H groups in total. The number of anilines is 6. The van der Waals surface area contributed by atoms with Crippen LogP contribution in [-0.4, -0.2) is 6.10 Å². The van der Waals surface area contributed by atoms with E-state index in [1.807, 2.05) is 0 Å². The highest BCUT2D eigenvalue weighted by Crippen LogP contribution is 2.69. The minimum absolute atomic E-state index is 0.0313. The van der Waals surface area contributed by atoms with Crippen LogP contribution in [0.4, 0.5) is 34.1 Å². The lowest BCUT2D eigenvalue weighted by molar-refractivity contribution is 0.269. The van der Waals surface area contributed by atoms with Gasteiger partial charge in [-0.2, -0.15) is 0 Å². The number of hydrogen-bond acceptors (Lipinski definition) is 4. The number of hydrogen-bond donors (Lipinski definition) is 0. The van der Waals surface area contributed by atoms with Crippen molar-refractivity contribution in [2.45, 2.75) is 17.4 Å². The van der Waals surface area contributed by atoms with Gasteiger partial charge >= 0.3 is 0 Å². The Hall–Kier alpha value is -8.34. The van der Waals surface area contributed by atoms with E-state index in [1.165, 1.54) is 44.5 Å². The van der Waals surface area contributed by atoms with Crippen molar-refractivity contribution in [3.8, 4) is 28.0 Å². The maximum Gasteiger partial charge on any atom is 0.148 e. The van der Waals surface area contributed by atoms with Crippen LogP contribution in [0.3, 0.4) is 0 Å². The molecule has 0 bridgehead atoms. The molecule has 2 unspecified atom stereocenters. The van der Waals surface area contributed by atoms with Crippen LogP contribution in [0, 0.1) is 0 Å². The largest absolute Gasteiger partial charge is 0.483 e. The maximum atomic E-state index is 7.40. The number of nitrogens with zero attached hydrogens (tertiary/aromatic N) is 2. The van der Waals surface area contributed by atoms with E-state index in [4.69, 9.17) is 9.15 Å². The van der Waals surface area contributed by atoms with Crippen molar-refractivity contribution in [2.75, 3.05) is 9.80 Å². The van der Waals surface area contributed by atoms with E-state index in [9.17, 15) is 0 Å². The minimum atomic E-state index is -0.728. The molecular formula is C61H40N2O2. The first-order chi connectivity index (χ1) is 32.3. The average molecular weight is 833 g/mol. The smallest absolute Gasteiger partial charge is 0.148 e. The summed E-state index contributed by atoms with van der Waals surface area (Å²) in [5.74, 6) is 0.866. The van der Waals surface area contributed by atoms with Crippen molar-refractivity contribution in [2.24, 2.45) is 0 Å². The Balaban J connectivity index is 1.20. The topological polar surface area (TPSA) is 28.9 Å². The lowest BCUT2D eigenvalue weighted by atomic mass is 9.70. The van der Waals surface area contributed by atoms with Crippen LogP contribution < -0.4 is 14.5 Å². The summed E-state index contributed by atoms with van der Waals surface area (Å²) in [7, 11) is 0. The summed E-state index contributed by atoms with van der Waals surface area (Å²) in [6.07, 6.45) is 8.71. The van der Waals surface area contributed by atoms with Crippen LogP contribution >= 0.6 is 0 Å². The van der Waals surface area contributed by atoms with Crippen LogP contribution in [0.5, 0.6) is 5.75 Å². The molecule has 0 amide bonds. The third-order valence-electron chi connectivity index (χ3n) is 14.1. The summed E-state index contributed by atoms with van der Waals surface area (Å²) in [6.45, 7) is 0. The van der Waals surface area contributed by atoms with Crippen LogP contribution in [0.1, 0.15) is 33.7 Å². The number of rotatable bonds is 6. The van der Waals surface area contributed by atoms with Crippen LogP contribution in [0.25, 0.3) is 44.2 Å². The van der Waals surface area contributed by atoms with Crippen molar-refractivity contribution >= 4 is 56.1 Å². The van der Waals surface area contributed by atoms with Crippen molar-refractivity contribution in [3.63, 3.8) is 0 Å². The van der Waals surface area contributed by atoms with Gasteiger partial charge in [0.2, 0.25) is 0 Å². The van der Waals surface area contributed by atoms with Gasteiger partial charge in [-0.15, -0.1) is 0 Å². The van der Waals surface area contributed by atoms with E-state index < -0.39 is 5.41 Å². The molecule has 3 aliphatic carbocycles. The average Bonchev–Trinajstić information content (AvgIpc) is 4.11. The van der Waals surface area contributed by atoms with Gasteiger partial charge in [-0.1, -0.05) is 158 Å². The van der Waals surface area contributed by atoms with Crippen LogP contribution in [0.15, 0.2) is 235 Å². The fraction of sp³-hybridized carbons (Fsp3) is 0.0492. The highest BCUT2D eigenvalue weighted by atomic mass is 16.5. The van der Waals surface area contributed by atoms with Crippen molar-refractivity contribution in [3.05, 3.63) is 258 Å². The first-order valence-electron chi connectivity index (χ1n) is 22.5. The molecule has 14 rings (SSSR count). The number of furan rings is 1. The highest BCUT2D eigenvalue weighted by molar-refractivity contribution is 6.20. The SMILES string of the molecule is C1=CC2Oc3c(N(c4ccccc4)c4ccccc4)cc4c(c3C2C=C1)-c1c(cc(N(c2ccccc2)c2ccccc2)c2c1oc1ccccc12)C41c2ccccc2-c2ccccc21. The lowest BCUT2D eigenvalue weighted by Crippen LogP contribution is -2.27. The molecule has 10 aromatic rings. The van der Waals surface area contributed by atoms with Crippen molar-refractivity contribution in [1.82, 2.24) is 0 Å². The molecule has 4 nitrogen and oxygen atoms in total. The normalized spacial score (nSPS) is 16.4. The number of ether oxygens (including phenoxy) is 1. The van der Waals surface area contributed by atoms with E-state index in [0.717, 1.165) is 67.4 Å². The molecule has 0 radical (unpaired) electrons. The Labute approximate surface area is 377 Å². The summed E-state index contributed by atoms with van der Waals surface area (Å²) in [6, 6.07) is 74.7. The van der Waals surface area contributed by atoms with Crippen molar-refractivity contribution in [1.29, 1.82) is 0 Å². The van der Waals surface area contributed by atoms with Crippen LogP contribution in [0.2, 0.25) is 0 Å². The number of allylic oxidation sites excluding steroid dienone is 2. The van der Waals surface area contributed by atoms with E-state index in [-0.39, 0.29) is 12.0 Å². The van der Waals surface area contributed by atoms with Crippen LogP contribution in [-0.2, 0) is 5.41 Å². The molecule has 0 saturated heterocycles. The number of benzene rings is 9. The van der Waals surface area contributed by atoms with Gasteiger partial charge in [0, 0.05) is 45.2 Å². The molecule has 2 heterocycles. The van der Waals surface area contributed by atoms with Gasteiger partial charge in [-0.3, -0.25) is 0 Å². The molecule has 2 atom stereocenters. The standard InChI is InChI=1S/C61H40N2O2/c1-5-21-39(22-6-1)62(40-23-7-2-8-24-40)51-37-50-58(60-55(51)45-31-15-19-35-53(45)65-60)57-49(61(50)47-33-17-13-29-43(47)44-30-14-18-34-48(44)61)38-52(59-56(57)46-32-16-20-36-54(46)64-59)63(41-25-9-3-10-26-41)42-27-11-4-12-28-42/h1-38,46,54H. The Kier molecular flexibility index (Phi) is 7.70. The molecule has 1 spiro atoms. The summed E-state index contributed by atoms with van der Waals surface area (Å²) < 4.78 is 14.7. The zero-order valence-corrected chi connectivity index (χ0v) is 35.3. The first-order valence-corrected chi connectivity index (χ1v) is 22.5. The van der Waals surface area contributed by atoms with Gasteiger partial charge in [0.15, 0.2) is 0 Å². The second kappa shape index (κ2) is 13.8. The van der Waals surface area contributed by atoms with Gasteiger partial charge in [0.1, 0.15) is 23.0 Å². The number of fused-ring (bicyclic) bond motifs is 18. The maximum absolute atomic E-state index is 7.40. The highest BCUT2D eigenvalue weighted by Gasteiger charge is 2.56. The summed E-state index contributed by atoms with van der Waals surface area (Å²) >= 11 is 0.